The van der Waals surface area contributed by atoms with Crippen molar-refractivity contribution < 1.29 is 14.7 Å². The molecule has 0 spiro atoms. The Bertz CT molecular complexity index is 257. The molecule has 1 atom stereocenters. The van der Waals surface area contributed by atoms with Crippen molar-refractivity contribution >= 4 is 11.9 Å². The van der Waals surface area contributed by atoms with Gasteiger partial charge in [0, 0.05) is 6.54 Å². The van der Waals surface area contributed by atoms with Crippen LogP contribution in [0.4, 0.5) is 0 Å². The summed E-state index contributed by atoms with van der Waals surface area (Å²) < 4.78 is 0. The molecule has 1 aliphatic rings. The molecule has 1 rings (SSSR count). The highest BCUT2D eigenvalue weighted by Gasteiger charge is 2.28. The van der Waals surface area contributed by atoms with E-state index in [9.17, 15) is 9.59 Å². The summed E-state index contributed by atoms with van der Waals surface area (Å²) >= 11 is 0. The lowest BCUT2D eigenvalue weighted by Crippen LogP contribution is -2.39. The van der Waals surface area contributed by atoms with Crippen LogP contribution in [-0.4, -0.2) is 34.5 Å². The zero-order chi connectivity index (χ0) is 9.14. The molecule has 1 amide bonds. The number of carbonyl (C=O) groups is 2. The van der Waals surface area contributed by atoms with Gasteiger partial charge in [-0.15, -0.1) is 0 Å². The van der Waals surface area contributed by atoms with Crippen LogP contribution >= 0.6 is 0 Å². The molecule has 4 nitrogen and oxygen atoms in total. The number of nitrogens with zero attached hydrogens (tertiary/aromatic N) is 1. The van der Waals surface area contributed by atoms with Crippen LogP contribution in [0.2, 0.25) is 0 Å². The molecule has 0 aromatic carbocycles. The molecule has 12 heavy (non-hydrogen) atoms. The predicted molar refractivity (Wildman–Crippen MR) is 42.5 cm³/mol. The number of carboxylic acids is 1. The van der Waals surface area contributed by atoms with Crippen molar-refractivity contribution in [1.29, 1.82) is 0 Å². The van der Waals surface area contributed by atoms with Gasteiger partial charge in [0.1, 0.15) is 6.04 Å². The largest absolute Gasteiger partial charge is 0.479 e. The van der Waals surface area contributed by atoms with Gasteiger partial charge in [0.25, 0.3) is 0 Å². The predicted octanol–water partition coefficient (Wildman–Crippen LogP) is 0.0240. The van der Waals surface area contributed by atoms with Gasteiger partial charge in [-0.1, -0.05) is 18.7 Å². The standard InChI is InChI=1S/C8H9NO3/c1-2-7(10)9-5-3-4-6(9)8(11)12/h2-4,6H,1,5H2,(H,11,12)/t6-/m0/s1. The quantitative estimate of drug-likeness (QED) is 0.466. The molecule has 1 aliphatic heterocycles. The van der Waals surface area contributed by atoms with Crippen molar-refractivity contribution in [2.75, 3.05) is 6.54 Å². The van der Waals surface area contributed by atoms with E-state index in [1.807, 2.05) is 0 Å². The van der Waals surface area contributed by atoms with Crippen LogP contribution in [0.1, 0.15) is 0 Å². The summed E-state index contributed by atoms with van der Waals surface area (Å²) in [5.41, 5.74) is 0. The minimum Gasteiger partial charge on any atom is -0.479 e. The van der Waals surface area contributed by atoms with E-state index in [1.165, 1.54) is 11.0 Å². The first-order valence-electron chi connectivity index (χ1n) is 3.49. The number of rotatable bonds is 2. The van der Waals surface area contributed by atoms with E-state index in [0.29, 0.717) is 6.54 Å². The topological polar surface area (TPSA) is 57.6 Å². The van der Waals surface area contributed by atoms with E-state index < -0.39 is 12.0 Å². The fourth-order valence-corrected chi connectivity index (χ4v) is 1.08. The van der Waals surface area contributed by atoms with Crippen molar-refractivity contribution in [1.82, 2.24) is 4.90 Å². The molecule has 0 radical (unpaired) electrons. The summed E-state index contributed by atoms with van der Waals surface area (Å²) in [6.45, 7) is 3.64. The van der Waals surface area contributed by atoms with Crippen molar-refractivity contribution in [3.8, 4) is 0 Å². The second-order valence-electron chi connectivity index (χ2n) is 2.41. The molecule has 0 saturated heterocycles. The molecule has 0 unspecified atom stereocenters. The maximum atomic E-state index is 11.0. The number of amides is 1. The zero-order valence-corrected chi connectivity index (χ0v) is 6.43. The fraction of sp³-hybridized carbons (Fsp3) is 0.250. The highest BCUT2D eigenvalue weighted by atomic mass is 16.4. The van der Waals surface area contributed by atoms with Gasteiger partial charge < -0.3 is 10.0 Å². The minimum atomic E-state index is -1.01. The molecule has 0 aromatic heterocycles. The highest BCUT2D eigenvalue weighted by Crippen LogP contribution is 2.09. The van der Waals surface area contributed by atoms with Gasteiger partial charge in [-0.05, 0) is 6.08 Å². The van der Waals surface area contributed by atoms with Crippen LogP contribution in [0.15, 0.2) is 24.8 Å². The van der Waals surface area contributed by atoms with Gasteiger partial charge in [0.05, 0.1) is 0 Å². The maximum Gasteiger partial charge on any atom is 0.330 e. The van der Waals surface area contributed by atoms with Gasteiger partial charge in [0.2, 0.25) is 5.91 Å². The van der Waals surface area contributed by atoms with Crippen molar-refractivity contribution in [3.05, 3.63) is 24.8 Å². The lowest BCUT2D eigenvalue weighted by atomic mass is 10.3. The number of hydrogen-bond acceptors (Lipinski definition) is 2. The zero-order valence-electron chi connectivity index (χ0n) is 6.43. The molecule has 1 heterocycles. The Morgan fingerprint density at radius 2 is 2.33 bits per heavy atom. The van der Waals surface area contributed by atoms with Crippen molar-refractivity contribution in [2.45, 2.75) is 6.04 Å². The second kappa shape index (κ2) is 3.21. The first-order chi connectivity index (χ1) is 5.66. The number of carbonyl (C=O) groups excluding carboxylic acids is 1. The van der Waals surface area contributed by atoms with Crippen LogP contribution in [0.5, 0.6) is 0 Å². The summed E-state index contributed by atoms with van der Waals surface area (Å²) in [5.74, 6) is -1.37. The first-order valence-corrected chi connectivity index (χ1v) is 3.49. The fourth-order valence-electron chi connectivity index (χ4n) is 1.08. The third-order valence-corrected chi connectivity index (χ3v) is 1.67. The Hall–Kier alpha value is -1.58. The molecule has 0 saturated carbocycles. The van der Waals surface area contributed by atoms with Crippen LogP contribution in [-0.2, 0) is 9.59 Å². The number of aliphatic carboxylic acids is 1. The Morgan fingerprint density at radius 1 is 1.67 bits per heavy atom. The number of carboxylic acid groups (broad SMARTS) is 1. The third kappa shape index (κ3) is 1.37. The van der Waals surface area contributed by atoms with Gasteiger partial charge in [-0.2, -0.15) is 0 Å². The average molecular weight is 167 g/mol. The van der Waals surface area contributed by atoms with Crippen LogP contribution in [0, 0.1) is 0 Å². The van der Waals surface area contributed by atoms with E-state index in [2.05, 4.69) is 6.58 Å². The van der Waals surface area contributed by atoms with Gasteiger partial charge in [-0.3, -0.25) is 4.79 Å². The Balaban J connectivity index is 2.74. The third-order valence-electron chi connectivity index (χ3n) is 1.67. The smallest absolute Gasteiger partial charge is 0.330 e. The summed E-state index contributed by atoms with van der Waals surface area (Å²) in [7, 11) is 0. The molecule has 0 aromatic rings. The van der Waals surface area contributed by atoms with Crippen molar-refractivity contribution in [3.63, 3.8) is 0 Å². The van der Waals surface area contributed by atoms with Crippen LogP contribution in [0.3, 0.4) is 0 Å². The average Bonchev–Trinajstić information content (AvgIpc) is 2.50. The van der Waals surface area contributed by atoms with Gasteiger partial charge in [-0.25, -0.2) is 4.79 Å². The molecule has 1 N–H and O–H groups in total. The van der Waals surface area contributed by atoms with E-state index >= 15 is 0 Å². The summed E-state index contributed by atoms with van der Waals surface area (Å²) in [5, 5.41) is 8.65. The monoisotopic (exact) mass is 167 g/mol. The summed E-state index contributed by atoms with van der Waals surface area (Å²) in [4.78, 5) is 22.8. The van der Waals surface area contributed by atoms with Gasteiger partial charge in [0.15, 0.2) is 0 Å². The Kier molecular flexibility index (Phi) is 2.28. The van der Waals surface area contributed by atoms with E-state index in [1.54, 1.807) is 6.08 Å². The lowest BCUT2D eigenvalue weighted by molar-refractivity contribution is -0.145. The summed E-state index contributed by atoms with van der Waals surface area (Å²) in [6.07, 6.45) is 4.26. The molecule has 4 heteroatoms. The maximum absolute atomic E-state index is 11.0. The molecule has 0 fully saturated rings. The summed E-state index contributed by atoms with van der Waals surface area (Å²) in [6, 6.07) is -0.824. The van der Waals surface area contributed by atoms with E-state index in [4.69, 9.17) is 5.11 Å². The first kappa shape index (κ1) is 8.52. The number of hydrogen-bond donors (Lipinski definition) is 1. The van der Waals surface area contributed by atoms with Gasteiger partial charge >= 0.3 is 5.97 Å². The molecule has 0 bridgehead atoms. The molecular weight excluding hydrogens is 158 g/mol. The minimum absolute atomic E-state index is 0.349. The molecule has 0 aliphatic carbocycles. The van der Waals surface area contributed by atoms with Crippen LogP contribution in [0.25, 0.3) is 0 Å². The Morgan fingerprint density at radius 3 is 2.83 bits per heavy atom. The van der Waals surface area contributed by atoms with E-state index in [-0.39, 0.29) is 5.91 Å². The molecule has 64 valence electrons. The SMILES string of the molecule is C=CC(=O)N1CC=C[C@H]1C(=O)O. The Labute approximate surface area is 69.8 Å². The second-order valence-corrected chi connectivity index (χ2v) is 2.41. The normalized spacial score (nSPS) is 21.0. The van der Waals surface area contributed by atoms with Crippen molar-refractivity contribution in [2.24, 2.45) is 0 Å². The van der Waals surface area contributed by atoms with Crippen LogP contribution < -0.4 is 0 Å². The molecular formula is C8H9NO3. The van der Waals surface area contributed by atoms with E-state index in [0.717, 1.165) is 6.08 Å². The highest BCUT2D eigenvalue weighted by molar-refractivity contribution is 5.92. The lowest BCUT2D eigenvalue weighted by Gasteiger charge is -2.18.